The number of hydrogen-bond acceptors (Lipinski definition) is 5. The lowest BCUT2D eigenvalue weighted by molar-refractivity contribution is -0.0472. The minimum atomic E-state index is -6.51. The second kappa shape index (κ2) is 8.13. The second-order valence-electron chi connectivity index (χ2n) is 5.68. The molecule has 0 aromatic rings. The maximum absolute atomic E-state index is 12.6. The van der Waals surface area contributed by atoms with E-state index < -0.39 is 51.2 Å². The van der Waals surface area contributed by atoms with Gasteiger partial charge in [0.2, 0.25) is 0 Å². The van der Waals surface area contributed by atoms with E-state index >= 15 is 0 Å². The first-order chi connectivity index (χ1) is 11.2. The molecule has 1 fully saturated rings. The molecular weight excluding hydrogens is 418 g/mol. The van der Waals surface area contributed by atoms with Gasteiger partial charge in [-0.2, -0.15) is 26.3 Å². The van der Waals surface area contributed by atoms with Crippen molar-refractivity contribution >= 4 is 29.2 Å². The number of ether oxygens (including phenoxy) is 1. The van der Waals surface area contributed by atoms with Crippen LogP contribution in [0.3, 0.4) is 0 Å². The van der Waals surface area contributed by atoms with Gasteiger partial charge in [-0.25, -0.2) is 16.8 Å². The van der Waals surface area contributed by atoms with E-state index in [0.29, 0.717) is 6.61 Å². The average Bonchev–Trinajstić information content (AvgIpc) is 2.45. The monoisotopic (exact) mass is 436 g/mol. The Morgan fingerprint density at radius 3 is 1.88 bits per heavy atom. The van der Waals surface area contributed by atoms with Gasteiger partial charge in [-0.05, 0) is 25.7 Å². The molecule has 0 radical (unpaired) electrons. The fourth-order valence-corrected chi connectivity index (χ4v) is 7.98. The van der Waals surface area contributed by atoms with Crippen LogP contribution in [0.5, 0.6) is 0 Å². The van der Waals surface area contributed by atoms with Crippen molar-refractivity contribution in [3.8, 4) is 0 Å². The zero-order valence-corrected chi connectivity index (χ0v) is 16.0. The van der Waals surface area contributed by atoms with Crippen molar-refractivity contribution in [3.05, 3.63) is 0 Å². The fraction of sp³-hybridized carbons (Fsp3) is 1.00. The molecule has 1 aliphatic heterocycles. The summed E-state index contributed by atoms with van der Waals surface area (Å²) in [5.74, 6) is 0. The van der Waals surface area contributed by atoms with Crippen molar-refractivity contribution in [1.82, 2.24) is 0 Å². The summed E-state index contributed by atoms with van der Waals surface area (Å²) in [6.07, 6.45) is 0.925. The Balaban J connectivity index is 2.86. The summed E-state index contributed by atoms with van der Waals surface area (Å²) in [5, 5.41) is 0. The summed E-state index contributed by atoms with van der Waals surface area (Å²) >= 11 is 0. The van der Waals surface area contributed by atoms with Crippen LogP contribution >= 0.6 is 0 Å². The Labute approximate surface area is 143 Å². The summed E-state index contributed by atoms with van der Waals surface area (Å²) in [7, 11) is -14.0. The van der Waals surface area contributed by atoms with Crippen LogP contribution in [-0.4, -0.2) is 54.3 Å². The maximum Gasteiger partial charge on any atom is 0.498 e. The third-order valence-electron chi connectivity index (χ3n) is 3.83. The zero-order valence-electron chi connectivity index (χ0n) is 12.9. The molecule has 0 aromatic heterocycles. The molecule has 5 nitrogen and oxygen atoms in total. The average molecular weight is 436 g/mol. The van der Waals surface area contributed by atoms with Gasteiger partial charge in [0.1, 0.15) is 0 Å². The summed E-state index contributed by atoms with van der Waals surface area (Å²) < 4.78 is 123. The standard InChI is InChI=1S/C11H18F6O5S2Si/c12-10(13,14)23(18,19)9(24(20,21)11(15,16)17)5-3-7-25-8-4-1-2-6-22-8/h8-9H,1-7,25H2. The van der Waals surface area contributed by atoms with E-state index in [1.165, 1.54) is 0 Å². The first-order valence-corrected chi connectivity index (χ1v) is 12.3. The fourth-order valence-electron chi connectivity index (χ4n) is 2.49. The molecule has 1 rings (SSSR count). The third-order valence-corrected chi connectivity index (χ3v) is 10.7. The van der Waals surface area contributed by atoms with Crippen molar-refractivity contribution in [3.63, 3.8) is 0 Å². The smallest absolute Gasteiger partial charge is 0.382 e. The summed E-state index contributed by atoms with van der Waals surface area (Å²) in [6.45, 7) is 0.533. The highest BCUT2D eigenvalue weighted by atomic mass is 32.3. The Kier molecular flexibility index (Phi) is 7.38. The molecule has 1 unspecified atom stereocenters. The van der Waals surface area contributed by atoms with Gasteiger partial charge in [-0.1, -0.05) is 12.5 Å². The molecule has 0 aromatic carbocycles. The predicted octanol–water partition coefficient (Wildman–Crippen LogP) is 2.08. The number of rotatable bonds is 7. The Bertz CT molecular complexity index is 593. The molecule has 1 atom stereocenters. The van der Waals surface area contributed by atoms with E-state index in [4.69, 9.17) is 4.74 Å². The molecule has 0 saturated carbocycles. The lowest BCUT2D eigenvalue weighted by Gasteiger charge is -2.23. The highest BCUT2D eigenvalue weighted by Gasteiger charge is 2.62. The molecule has 1 heterocycles. The van der Waals surface area contributed by atoms with Crippen LogP contribution in [-0.2, 0) is 24.4 Å². The van der Waals surface area contributed by atoms with E-state index in [0.717, 1.165) is 19.3 Å². The van der Waals surface area contributed by atoms with E-state index in [1.54, 1.807) is 0 Å². The molecule has 1 saturated heterocycles. The molecule has 14 heteroatoms. The van der Waals surface area contributed by atoms with Gasteiger partial charge in [0, 0.05) is 12.3 Å². The quantitative estimate of drug-likeness (QED) is 0.347. The third kappa shape index (κ3) is 5.56. The van der Waals surface area contributed by atoms with Crippen molar-refractivity contribution in [2.45, 2.75) is 59.5 Å². The lowest BCUT2D eigenvalue weighted by Crippen LogP contribution is -2.44. The molecule has 0 N–H and O–H groups in total. The van der Waals surface area contributed by atoms with Crippen LogP contribution in [0.25, 0.3) is 0 Å². The highest BCUT2D eigenvalue weighted by molar-refractivity contribution is 8.09. The van der Waals surface area contributed by atoms with Gasteiger partial charge in [0.25, 0.3) is 19.7 Å². The lowest BCUT2D eigenvalue weighted by atomic mass is 10.2. The molecule has 0 aliphatic carbocycles. The van der Waals surface area contributed by atoms with Crippen LogP contribution in [0, 0.1) is 0 Å². The van der Waals surface area contributed by atoms with Crippen LogP contribution in [0.2, 0.25) is 6.04 Å². The van der Waals surface area contributed by atoms with Crippen LogP contribution < -0.4 is 0 Å². The van der Waals surface area contributed by atoms with Gasteiger partial charge in [-0.15, -0.1) is 0 Å². The van der Waals surface area contributed by atoms with Crippen molar-refractivity contribution in [1.29, 1.82) is 0 Å². The molecule has 0 bridgehead atoms. The van der Waals surface area contributed by atoms with E-state index in [9.17, 15) is 43.2 Å². The van der Waals surface area contributed by atoms with Gasteiger partial charge in [0.15, 0.2) is 4.58 Å². The zero-order chi connectivity index (χ0) is 19.5. The van der Waals surface area contributed by atoms with Crippen molar-refractivity contribution in [2.75, 3.05) is 6.61 Å². The largest absolute Gasteiger partial charge is 0.498 e. The van der Waals surface area contributed by atoms with E-state index in [2.05, 4.69) is 0 Å². The van der Waals surface area contributed by atoms with Crippen LogP contribution in [0.15, 0.2) is 0 Å². The summed E-state index contributed by atoms with van der Waals surface area (Å²) in [4.78, 5) is 0. The van der Waals surface area contributed by atoms with Gasteiger partial charge in [0.05, 0.1) is 9.52 Å². The minimum Gasteiger partial charge on any atom is -0.382 e. The van der Waals surface area contributed by atoms with Crippen molar-refractivity contribution in [2.24, 2.45) is 0 Å². The predicted molar refractivity (Wildman–Crippen MR) is 79.9 cm³/mol. The van der Waals surface area contributed by atoms with E-state index in [1.807, 2.05) is 0 Å². The molecule has 1 aliphatic rings. The highest BCUT2D eigenvalue weighted by Crippen LogP contribution is 2.38. The Morgan fingerprint density at radius 1 is 0.960 bits per heavy atom. The minimum absolute atomic E-state index is 0.0642. The second-order valence-corrected chi connectivity index (χ2v) is 12.4. The van der Waals surface area contributed by atoms with Gasteiger partial charge >= 0.3 is 11.0 Å². The number of alkyl halides is 6. The molecule has 25 heavy (non-hydrogen) atoms. The Morgan fingerprint density at radius 2 is 1.48 bits per heavy atom. The normalized spacial score (nSPS) is 21.3. The van der Waals surface area contributed by atoms with Crippen LogP contribution in [0.1, 0.15) is 32.1 Å². The molecule has 150 valence electrons. The first kappa shape index (κ1) is 22.7. The van der Waals surface area contributed by atoms with E-state index in [-0.39, 0.29) is 18.2 Å². The number of halogens is 6. The van der Waals surface area contributed by atoms with Crippen molar-refractivity contribution < 1.29 is 47.9 Å². The molecular formula is C11H18F6O5S2Si. The number of hydrogen-bond donors (Lipinski definition) is 0. The van der Waals surface area contributed by atoms with Gasteiger partial charge in [-0.3, -0.25) is 0 Å². The SMILES string of the molecule is O=S(=O)(C(CCC[SiH2]C1CCCCO1)S(=O)(=O)C(F)(F)F)C(F)(F)F. The first-order valence-electron chi connectivity index (χ1n) is 7.43. The molecule has 0 amide bonds. The van der Waals surface area contributed by atoms with Crippen LogP contribution in [0.4, 0.5) is 26.3 Å². The number of sulfone groups is 2. The maximum atomic E-state index is 12.6. The summed E-state index contributed by atoms with van der Waals surface area (Å²) in [5.41, 5.74) is -12.2. The molecule has 0 spiro atoms. The Hall–Kier alpha value is -0.343. The topological polar surface area (TPSA) is 77.5 Å². The summed E-state index contributed by atoms with van der Waals surface area (Å²) in [6, 6.07) is 0.196. The van der Waals surface area contributed by atoms with Gasteiger partial charge < -0.3 is 4.74 Å².